The smallest absolute Gasteiger partial charge is 0.243 e. The minimum atomic E-state index is -4.03. The molecule has 0 saturated heterocycles. The number of anilines is 1. The molecule has 5 rings (SSSR count). The minimum absolute atomic E-state index is 0.0138. The van der Waals surface area contributed by atoms with Crippen molar-refractivity contribution in [2.75, 3.05) is 11.8 Å². The summed E-state index contributed by atoms with van der Waals surface area (Å²) in [6, 6.07) is 12.9. The largest absolute Gasteiger partial charge is 0.481 e. The van der Waals surface area contributed by atoms with Gasteiger partial charge in [-0.25, -0.2) is 27.8 Å². The highest BCUT2D eigenvalue weighted by atomic mass is 32.2. The van der Waals surface area contributed by atoms with Crippen LogP contribution in [0.2, 0.25) is 0 Å². The maximum absolute atomic E-state index is 13.5. The molecule has 2 atom stereocenters. The summed E-state index contributed by atoms with van der Waals surface area (Å²) in [6.45, 7) is 3.20. The van der Waals surface area contributed by atoms with Crippen LogP contribution in [0.3, 0.4) is 0 Å². The quantitative estimate of drug-likeness (QED) is 0.318. The van der Waals surface area contributed by atoms with Gasteiger partial charge in [0.15, 0.2) is 11.6 Å². The van der Waals surface area contributed by atoms with Crippen LogP contribution in [0.25, 0.3) is 28.1 Å². The van der Waals surface area contributed by atoms with Crippen LogP contribution in [-0.2, 0) is 17.1 Å². The number of hydrogen-bond donors (Lipinski definition) is 1. The molecule has 0 spiro atoms. The molecule has 0 bridgehead atoms. The number of aryl methyl sites for hydroxylation is 1. The van der Waals surface area contributed by atoms with Gasteiger partial charge in [0, 0.05) is 36.1 Å². The number of nitrogens with zero attached hydrogens (tertiary/aromatic N) is 7. The Morgan fingerprint density at radius 3 is 2.50 bits per heavy atom. The molecule has 2 unspecified atom stereocenters. The Hall–Kier alpha value is -4.39. The third kappa shape index (κ3) is 4.56. The van der Waals surface area contributed by atoms with Gasteiger partial charge < -0.3 is 9.30 Å². The van der Waals surface area contributed by atoms with Gasteiger partial charge in [-0.3, -0.25) is 9.29 Å². The third-order valence-corrected chi connectivity index (χ3v) is 8.27. The Morgan fingerprint density at radius 2 is 1.76 bits per heavy atom. The number of sulfonamides is 1. The first-order chi connectivity index (χ1) is 18.2. The zero-order valence-corrected chi connectivity index (χ0v) is 21.9. The Labute approximate surface area is 218 Å². The molecule has 0 radical (unpaired) electrons. The average Bonchev–Trinajstić information content (AvgIpc) is 3.48. The molecule has 1 aromatic carbocycles. The Balaban J connectivity index is 1.61. The van der Waals surface area contributed by atoms with Gasteiger partial charge in [0.25, 0.3) is 0 Å². The molecule has 0 saturated carbocycles. The topological polar surface area (TPSA) is 130 Å². The third-order valence-electron chi connectivity index (χ3n) is 6.42. The monoisotopic (exact) mass is 536 g/mol. The van der Waals surface area contributed by atoms with E-state index >= 15 is 0 Å². The Bertz CT molecular complexity index is 1720. The summed E-state index contributed by atoms with van der Waals surface area (Å²) < 4.78 is 51.8. The lowest BCUT2D eigenvalue weighted by atomic mass is 10.1. The van der Waals surface area contributed by atoms with E-state index in [1.165, 1.54) is 14.0 Å². The summed E-state index contributed by atoms with van der Waals surface area (Å²) in [5.74, 6) is -0.349. The van der Waals surface area contributed by atoms with Crippen molar-refractivity contribution in [1.82, 2.24) is 34.3 Å². The standard InChI is InChI=1S/C25H25FN8O3S/c1-15(23-27-12-17(26)13-28-23)16(2)38(35,36)32-25-31-30-24(19-9-7-11-22(29-19)37-4)34(25)21-14-33(3)20-10-6-5-8-18(20)21/h5-16H,1-4H3,(H,31,32). The molecule has 0 fully saturated rings. The number of nitrogens with one attached hydrogen (secondary N) is 1. The normalized spacial score (nSPS) is 13.4. The van der Waals surface area contributed by atoms with Crippen LogP contribution < -0.4 is 9.46 Å². The van der Waals surface area contributed by atoms with E-state index in [2.05, 4.69) is 29.9 Å². The molecule has 11 nitrogen and oxygen atoms in total. The van der Waals surface area contributed by atoms with E-state index < -0.39 is 27.0 Å². The van der Waals surface area contributed by atoms with Crippen molar-refractivity contribution in [3.8, 4) is 23.1 Å². The minimum Gasteiger partial charge on any atom is -0.481 e. The predicted octanol–water partition coefficient (Wildman–Crippen LogP) is 3.69. The van der Waals surface area contributed by atoms with Gasteiger partial charge >= 0.3 is 0 Å². The summed E-state index contributed by atoms with van der Waals surface area (Å²) in [4.78, 5) is 12.4. The van der Waals surface area contributed by atoms with Gasteiger partial charge in [-0.15, -0.1) is 10.2 Å². The zero-order valence-electron chi connectivity index (χ0n) is 21.1. The second kappa shape index (κ2) is 9.82. The van der Waals surface area contributed by atoms with Crippen LogP contribution in [0.4, 0.5) is 10.3 Å². The lowest BCUT2D eigenvalue weighted by molar-refractivity contribution is 0.398. The van der Waals surface area contributed by atoms with Crippen molar-refractivity contribution < 1.29 is 17.5 Å². The number of pyridine rings is 1. The molecule has 1 N–H and O–H groups in total. The Kier molecular flexibility index (Phi) is 6.53. The van der Waals surface area contributed by atoms with Crippen LogP contribution in [0.15, 0.2) is 61.1 Å². The fourth-order valence-corrected chi connectivity index (χ4v) is 5.38. The molecular formula is C25H25FN8O3S. The summed E-state index contributed by atoms with van der Waals surface area (Å²) in [5.41, 5.74) is 2.04. The SMILES string of the molecule is COc1cccc(-c2nnc(NS(=O)(=O)C(C)C(C)c3ncc(F)cn3)n2-c2cn(C)c3ccccc23)n1. The van der Waals surface area contributed by atoms with Gasteiger partial charge in [0.05, 0.1) is 30.4 Å². The van der Waals surface area contributed by atoms with Crippen LogP contribution in [0, 0.1) is 5.82 Å². The average molecular weight is 537 g/mol. The second-order valence-electron chi connectivity index (χ2n) is 8.79. The van der Waals surface area contributed by atoms with Crippen LogP contribution in [-0.4, -0.2) is 55.1 Å². The highest BCUT2D eigenvalue weighted by Crippen LogP contribution is 2.32. The lowest BCUT2D eigenvalue weighted by Crippen LogP contribution is -2.31. The van der Waals surface area contributed by atoms with E-state index in [1.54, 1.807) is 29.7 Å². The molecule has 0 amide bonds. The summed E-state index contributed by atoms with van der Waals surface area (Å²) in [7, 11) is -0.621. The van der Waals surface area contributed by atoms with Gasteiger partial charge in [-0.2, -0.15) is 0 Å². The summed E-state index contributed by atoms with van der Waals surface area (Å²) in [5, 5.41) is 8.39. The van der Waals surface area contributed by atoms with Crippen molar-refractivity contribution in [3.63, 3.8) is 0 Å². The number of ether oxygens (including phenoxy) is 1. The molecule has 5 aromatic rings. The van der Waals surface area contributed by atoms with E-state index in [4.69, 9.17) is 4.74 Å². The van der Waals surface area contributed by atoms with E-state index in [-0.39, 0.29) is 11.8 Å². The number of hydrogen-bond acceptors (Lipinski definition) is 8. The summed E-state index contributed by atoms with van der Waals surface area (Å²) in [6.07, 6.45) is 3.89. The molecule has 4 heterocycles. The highest BCUT2D eigenvalue weighted by molar-refractivity contribution is 7.93. The Morgan fingerprint density at radius 1 is 1.03 bits per heavy atom. The van der Waals surface area contributed by atoms with Crippen LogP contribution in [0.5, 0.6) is 5.88 Å². The molecule has 38 heavy (non-hydrogen) atoms. The van der Waals surface area contributed by atoms with Crippen molar-refractivity contribution in [2.45, 2.75) is 25.0 Å². The zero-order chi connectivity index (χ0) is 27.0. The number of halogens is 1. The van der Waals surface area contributed by atoms with Gasteiger partial charge in [0.2, 0.25) is 21.9 Å². The maximum atomic E-state index is 13.5. The molecule has 0 aliphatic carbocycles. The molecule has 0 aliphatic rings. The van der Waals surface area contributed by atoms with Crippen LogP contribution >= 0.6 is 0 Å². The number of methoxy groups -OCH3 is 1. The first-order valence-electron chi connectivity index (χ1n) is 11.7. The number of benzene rings is 1. The van der Waals surface area contributed by atoms with Crippen molar-refractivity contribution in [1.29, 1.82) is 0 Å². The first kappa shape index (κ1) is 25.3. The fourth-order valence-electron chi connectivity index (χ4n) is 4.15. The van der Waals surface area contributed by atoms with Crippen molar-refractivity contribution in [2.24, 2.45) is 7.05 Å². The lowest BCUT2D eigenvalue weighted by Gasteiger charge is -2.20. The van der Waals surface area contributed by atoms with Crippen molar-refractivity contribution >= 4 is 26.9 Å². The van der Waals surface area contributed by atoms with E-state index in [9.17, 15) is 12.8 Å². The number of fused-ring (bicyclic) bond motifs is 1. The van der Waals surface area contributed by atoms with E-state index in [0.717, 1.165) is 23.3 Å². The highest BCUT2D eigenvalue weighted by Gasteiger charge is 2.32. The number of para-hydroxylation sites is 1. The predicted molar refractivity (Wildman–Crippen MR) is 140 cm³/mol. The first-order valence-corrected chi connectivity index (χ1v) is 13.2. The number of aromatic nitrogens is 7. The van der Waals surface area contributed by atoms with Gasteiger partial charge in [-0.05, 0) is 19.1 Å². The number of rotatable bonds is 8. The maximum Gasteiger partial charge on any atom is 0.243 e. The van der Waals surface area contributed by atoms with E-state index in [1.807, 2.05) is 42.1 Å². The van der Waals surface area contributed by atoms with Gasteiger partial charge in [-0.1, -0.05) is 31.2 Å². The molecule has 4 aromatic heterocycles. The molecule has 196 valence electrons. The van der Waals surface area contributed by atoms with Gasteiger partial charge in [0.1, 0.15) is 11.5 Å². The van der Waals surface area contributed by atoms with Crippen molar-refractivity contribution in [3.05, 3.63) is 72.7 Å². The molecular weight excluding hydrogens is 511 g/mol. The molecule has 0 aliphatic heterocycles. The second-order valence-corrected chi connectivity index (χ2v) is 10.8. The van der Waals surface area contributed by atoms with Crippen LogP contribution in [0.1, 0.15) is 25.6 Å². The molecule has 13 heteroatoms. The fraction of sp³-hybridized carbons (Fsp3) is 0.240. The van der Waals surface area contributed by atoms with E-state index in [0.29, 0.717) is 23.1 Å². The summed E-state index contributed by atoms with van der Waals surface area (Å²) >= 11 is 0.